The lowest BCUT2D eigenvalue weighted by Crippen LogP contribution is -2.37. The van der Waals surface area contributed by atoms with E-state index < -0.39 is 0 Å². The summed E-state index contributed by atoms with van der Waals surface area (Å²) in [4.78, 5) is 8.80. The van der Waals surface area contributed by atoms with E-state index in [1.807, 2.05) is 31.2 Å². The highest BCUT2D eigenvalue weighted by Crippen LogP contribution is 2.10. The number of anilines is 1. The summed E-state index contributed by atoms with van der Waals surface area (Å²) in [5.41, 5.74) is 1.65. The maximum Gasteiger partial charge on any atom is 0.191 e. The van der Waals surface area contributed by atoms with Crippen LogP contribution in [0.2, 0.25) is 0 Å². The number of aliphatic imine (C=N–C) groups is 1. The van der Waals surface area contributed by atoms with Crippen molar-refractivity contribution in [2.24, 2.45) is 4.99 Å². The maximum atomic E-state index is 13.3. The number of aromatic nitrogens is 1. The Bertz CT molecular complexity index is 688. The van der Waals surface area contributed by atoms with E-state index >= 15 is 0 Å². The fourth-order valence-corrected chi connectivity index (χ4v) is 2.46. The van der Waals surface area contributed by atoms with Gasteiger partial charge < -0.3 is 16.0 Å². The minimum Gasteiger partial charge on any atom is -0.370 e. The van der Waals surface area contributed by atoms with Crippen molar-refractivity contribution in [1.82, 2.24) is 15.6 Å². The maximum absolute atomic E-state index is 13.3. The molecule has 0 bridgehead atoms. The van der Waals surface area contributed by atoms with E-state index in [0.717, 1.165) is 49.8 Å². The molecule has 140 valence electrons. The molecule has 2 aromatic rings. The lowest BCUT2D eigenvalue weighted by molar-refractivity contribution is 0.617. The molecule has 1 aromatic heterocycles. The van der Waals surface area contributed by atoms with Gasteiger partial charge in [0.1, 0.15) is 11.6 Å². The Kier molecular flexibility index (Phi) is 8.39. The highest BCUT2D eigenvalue weighted by atomic mass is 19.1. The topological polar surface area (TPSA) is 61.3 Å². The van der Waals surface area contributed by atoms with Crippen molar-refractivity contribution in [2.45, 2.75) is 33.2 Å². The summed E-state index contributed by atoms with van der Waals surface area (Å²) in [5.74, 6) is 1.51. The zero-order valence-corrected chi connectivity index (χ0v) is 15.6. The SMILES string of the molecule is CCNC(=NCc1ccc(F)c(C)c1)NCCCCNc1ccccn1. The molecule has 0 saturated heterocycles. The van der Waals surface area contributed by atoms with Gasteiger partial charge in [-0.2, -0.15) is 0 Å². The molecule has 26 heavy (non-hydrogen) atoms. The molecule has 1 aromatic carbocycles. The van der Waals surface area contributed by atoms with Gasteiger partial charge in [-0.05, 0) is 56.0 Å². The van der Waals surface area contributed by atoms with E-state index in [9.17, 15) is 4.39 Å². The molecule has 0 spiro atoms. The van der Waals surface area contributed by atoms with Crippen molar-refractivity contribution in [1.29, 1.82) is 0 Å². The average molecular weight is 357 g/mol. The summed E-state index contributed by atoms with van der Waals surface area (Å²) in [5, 5.41) is 9.87. The quantitative estimate of drug-likeness (QED) is 0.365. The van der Waals surface area contributed by atoms with Crippen LogP contribution in [0, 0.1) is 12.7 Å². The van der Waals surface area contributed by atoms with Crippen LogP contribution in [0.3, 0.4) is 0 Å². The van der Waals surface area contributed by atoms with E-state index in [4.69, 9.17) is 0 Å². The third-order valence-electron chi connectivity index (χ3n) is 3.85. The number of rotatable bonds is 9. The monoisotopic (exact) mass is 357 g/mol. The molecule has 0 radical (unpaired) electrons. The molecule has 0 aliphatic carbocycles. The van der Waals surface area contributed by atoms with Gasteiger partial charge in [0.15, 0.2) is 5.96 Å². The predicted octanol–water partition coefficient (Wildman–Crippen LogP) is 3.48. The molecular weight excluding hydrogens is 329 g/mol. The largest absolute Gasteiger partial charge is 0.370 e. The van der Waals surface area contributed by atoms with Gasteiger partial charge in [-0.25, -0.2) is 14.4 Å². The second-order valence-electron chi connectivity index (χ2n) is 6.05. The van der Waals surface area contributed by atoms with Crippen LogP contribution < -0.4 is 16.0 Å². The third-order valence-corrected chi connectivity index (χ3v) is 3.85. The molecule has 0 atom stereocenters. The van der Waals surface area contributed by atoms with Crippen LogP contribution in [0.15, 0.2) is 47.6 Å². The van der Waals surface area contributed by atoms with E-state index in [2.05, 4.69) is 25.9 Å². The number of hydrogen-bond acceptors (Lipinski definition) is 3. The van der Waals surface area contributed by atoms with Gasteiger partial charge in [-0.15, -0.1) is 0 Å². The Labute approximate surface area is 155 Å². The second kappa shape index (κ2) is 11.1. The Morgan fingerprint density at radius 2 is 1.96 bits per heavy atom. The lowest BCUT2D eigenvalue weighted by Gasteiger charge is -2.11. The molecule has 0 saturated carbocycles. The molecule has 0 fully saturated rings. The van der Waals surface area contributed by atoms with Gasteiger partial charge in [0, 0.05) is 25.8 Å². The summed E-state index contributed by atoms with van der Waals surface area (Å²) in [7, 11) is 0. The molecule has 5 nitrogen and oxygen atoms in total. The molecule has 2 rings (SSSR count). The highest BCUT2D eigenvalue weighted by molar-refractivity contribution is 5.79. The van der Waals surface area contributed by atoms with Gasteiger partial charge in [0.2, 0.25) is 0 Å². The van der Waals surface area contributed by atoms with Gasteiger partial charge in [0.25, 0.3) is 0 Å². The third kappa shape index (κ3) is 7.09. The van der Waals surface area contributed by atoms with Crippen molar-refractivity contribution < 1.29 is 4.39 Å². The normalized spacial score (nSPS) is 11.3. The molecule has 6 heteroatoms. The van der Waals surface area contributed by atoms with Gasteiger partial charge in [-0.1, -0.05) is 18.2 Å². The summed E-state index contributed by atoms with van der Waals surface area (Å²) in [6, 6.07) is 11.0. The number of aryl methyl sites for hydroxylation is 1. The number of unbranched alkanes of at least 4 members (excludes halogenated alkanes) is 1. The first-order chi connectivity index (χ1) is 12.7. The van der Waals surface area contributed by atoms with E-state index in [1.165, 1.54) is 6.07 Å². The average Bonchev–Trinajstić information content (AvgIpc) is 2.66. The number of guanidine groups is 1. The van der Waals surface area contributed by atoms with Crippen molar-refractivity contribution in [3.05, 3.63) is 59.5 Å². The summed E-state index contributed by atoms with van der Waals surface area (Å²) < 4.78 is 13.3. The molecular formula is C20H28FN5. The number of nitrogens with zero attached hydrogens (tertiary/aromatic N) is 2. The number of nitrogens with one attached hydrogen (secondary N) is 3. The van der Waals surface area contributed by atoms with E-state index in [-0.39, 0.29) is 5.82 Å². The minimum absolute atomic E-state index is 0.179. The first kappa shape index (κ1) is 19.7. The van der Waals surface area contributed by atoms with Gasteiger partial charge in [0.05, 0.1) is 6.54 Å². The van der Waals surface area contributed by atoms with E-state index in [0.29, 0.717) is 12.1 Å². The number of halogens is 1. The molecule has 0 aliphatic rings. The smallest absolute Gasteiger partial charge is 0.191 e. The van der Waals surface area contributed by atoms with Crippen molar-refractivity contribution in [3.63, 3.8) is 0 Å². The zero-order valence-electron chi connectivity index (χ0n) is 15.6. The number of benzene rings is 1. The molecule has 0 unspecified atom stereocenters. The van der Waals surface area contributed by atoms with Crippen LogP contribution in [0.4, 0.5) is 10.2 Å². The first-order valence-electron chi connectivity index (χ1n) is 9.11. The number of hydrogen-bond donors (Lipinski definition) is 3. The predicted molar refractivity (Wildman–Crippen MR) is 106 cm³/mol. The van der Waals surface area contributed by atoms with Crippen molar-refractivity contribution in [3.8, 4) is 0 Å². The van der Waals surface area contributed by atoms with Crippen LogP contribution in [0.5, 0.6) is 0 Å². The second-order valence-corrected chi connectivity index (χ2v) is 6.05. The molecule has 3 N–H and O–H groups in total. The summed E-state index contributed by atoms with van der Waals surface area (Å²) >= 11 is 0. The van der Waals surface area contributed by atoms with Crippen molar-refractivity contribution >= 4 is 11.8 Å². The van der Waals surface area contributed by atoms with Gasteiger partial charge >= 0.3 is 0 Å². The van der Waals surface area contributed by atoms with Crippen LogP contribution in [-0.2, 0) is 6.54 Å². The first-order valence-corrected chi connectivity index (χ1v) is 9.11. The van der Waals surface area contributed by atoms with Crippen molar-refractivity contribution in [2.75, 3.05) is 25.0 Å². The lowest BCUT2D eigenvalue weighted by atomic mass is 10.1. The molecule has 0 amide bonds. The Morgan fingerprint density at radius 1 is 1.12 bits per heavy atom. The highest BCUT2D eigenvalue weighted by Gasteiger charge is 2.00. The van der Waals surface area contributed by atoms with Crippen LogP contribution in [-0.4, -0.2) is 30.6 Å². The summed E-state index contributed by atoms with van der Waals surface area (Å²) in [6.07, 6.45) is 3.85. The minimum atomic E-state index is -0.179. The molecule has 1 heterocycles. The van der Waals surface area contributed by atoms with Crippen LogP contribution in [0.1, 0.15) is 30.9 Å². The van der Waals surface area contributed by atoms with Crippen LogP contribution in [0.25, 0.3) is 0 Å². The molecule has 0 aliphatic heterocycles. The number of pyridine rings is 1. The Balaban J connectivity index is 1.70. The fourth-order valence-electron chi connectivity index (χ4n) is 2.46. The summed E-state index contributed by atoms with van der Waals surface area (Å²) in [6.45, 7) is 6.87. The standard InChI is InChI=1S/C20H28FN5/c1-3-22-20(26-15-17-9-10-18(21)16(2)14-17)25-13-7-6-12-24-19-8-4-5-11-23-19/h4-5,8-11,14H,3,6-7,12-13,15H2,1-2H3,(H,23,24)(H2,22,25,26). The van der Waals surface area contributed by atoms with Crippen LogP contribution >= 0.6 is 0 Å². The Hall–Kier alpha value is -2.63. The zero-order chi connectivity index (χ0) is 18.6. The van der Waals surface area contributed by atoms with E-state index in [1.54, 1.807) is 19.2 Å². The fraction of sp³-hybridized carbons (Fsp3) is 0.400. The Morgan fingerprint density at radius 3 is 2.69 bits per heavy atom. The van der Waals surface area contributed by atoms with Gasteiger partial charge in [-0.3, -0.25) is 0 Å².